The predicted molar refractivity (Wildman–Crippen MR) is 371 cm³/mol. The van der Waals surface area contributed by atoms with Gasteiger partial charge in [0.15, 0.2) is 17.5 Å². The van der Waals surface area contributed by atoms with Crippen LogP contribution in [-0.2, 0) is 49.6 Å². The van der Waals surface area contributed by atoms with E-state index in [-0.39, 0.29) is 74.9 Å². The van der Waals surface area contributed by atoms with Gasteiger partial charge in [0, 0.05) is 40.7 Å². The summed E-state index contributed by atoms with van der Waals surface area (Å²) in [6, 6.07) is 15.4. The van der Waals surface area contributed by atoms with E-state index in [4.69, 9.17) is 65.2 Å². The van der Waals surface area contributed by atoms with Gasteiger partial charge >= 0.3 is 5.97 Å². The van der Waals surface area contributed by atoms with Crippen LogP contribution in [0.15, 0.2) is 127 Å². The number of aromatic hydroxyl groups is 3. The van der Waals surface area contributed by atoms with Gasteiger partial charge in [-0.25, -0.2) is 4.79 Å². The van der Waals surface area contributed by atoms with E-state index in [0.29, 0.717) is 5.02 Å². The molecule has 1 unspecified atom stereocenters. The number of fused-ring (bicyclic) bond motifs is 15. The Morgan fingerprint density at radius 1 is 0.660 bits per heavy atom. The van der Waals surface area contributed by atoms with Crippen molar-refractivity contribution in [2.45, 2.75) is 132 Å². The molecule has 7 aromatic carbocycles. The minimum atomic E-state index is -2.24. The third kappa shape index (κ3) is 16.2. The van der Waals surface area contributed by atoms with Crippen molar-refractivity contribution >= 4 is 82.1 Å². The highest BCUT2D eigenvalue weighted by Crippen LogP contribution is 2.50. The van der Waals surface area contributed by atoms with Crippen LogP contribution in [-0.4, -0.2) is 131 Å². The highest BCUT2D eigenvalue weighted by Gasteiger charge is 2.47. The Bertz CT molecular complexity index is 4510. The number of carboxylic acids is 1. The van der Waals surface area contributed by atoms with E-state index >= 15 is 14.4 Å². The summed E-state index contributed by atoms with van der Waals surface area (Å²) in [6.07, 6.45) is -8.77. The van der Waals surface area contributed by atoms with E-state index in [1.54, 1.807) is 39.8 Å². The summed E-state index contributed by atoms with van der Waals surface area (Å²) in [5.41, 5.74) is 11.1. The lowest BCUT2D eigenvalue weighted by molar-refractivity contribution is -0.211. The van der Waals surface area contributed by atoms with Crippen LogP contribution in [0.4, 0.5) is 0 Å². The van der Waals surface area contributed by atoms with Crippen LogP contribution in [0.5, 0.6) is 46.0 Å². The Labute approximate surface area is 602 Å². The molecule has 1 fully saturated rings. The number of primary amides is 1. The second-order valence-corrected chi connectivity index (χ2v) is 27.4. The van der Waals surface area contributed by atoms with Gasteiger partial charge in [-0.05, 0) is 132 Å². The quantitative estimate of drug-likeness (QED) is 0.0613. The lowest BCUT2D eigenvalue weighted by Gasteiger charge is -2.45. The molecular weight excluding hydrogens is 1400 g/mol. The van der Waals surface area contributed by atoms with Gasteiger partial charge in [-0.2, -0.15) is 0 Å². The number of phenols is 3. The first-order chi connectivity index (χ1) is 48.8. The van der Waals surface area contributed by atoms with Gasteiger partial charge in [-0.1, -0.05) is 103 Å². The van der Waals surface area contributed by atoms with Crippen LogP contribution in [0.25, 0.3) is 22.3 Å². The van der Waals surface area contributed by atoms with Crippen molar-refractivity contribution in [2.75, 3.05) is 0 Å². The summed E-state index contributed by atoms with van der Waals surface area (Å²) in [6.45, 7) is 7.16. The molecule has 0 spiro atoms. The van der Waals surface area contributed by atoms with E-state index in [2.05, 4.69) is 37.2 Å². The van der Waals surface area contributed by atoms with Crippen molar-refractivity contribution in [2.24, 2.45) is 17.4 Å². The molecule has 7 amide bonds. The van der Waals surface area contributed by atoms with Crippen LogP contribution in [0, 0.1) is 5.92 Å². The van der Waals surface area contributed by atoms with Gasteiger partial charge in [-0.3, -0.25) is 33.6 Å². The van der Waals surface area contributed by atoms with Crippen LogP contribution in [0.2, 0.25) is 15.1 Å². The fourth-order valence-electron chi connectivity index (χ4n) is 12.7. The van der Waals surface area contributed by atoms with Gasteiger partial charge in [0.2, 0.25) is 53.4 Å². The summed E-state index contributed by atoms with van der Waals surface area (Å²) in [7, 11) is 0. The Morgan fingerprint density at radius 3 is 1.84 bits per heavy atom. The van der Waals surface area contributed by atoms with Crippen LogP contribution < -0.4 is 62.9 Å². The van der Waals surface area contributed by atoms with E-state index in [1.165, 1.54) is 42.5 Å². The van der Waals surface area contributed by atoms with E-state index in [9.17, 15) is 59.7 Å². The summed E-state index contributed by atoms with van der Waals surface area (Å²) in [4.78, 5) is 116. The number of aliphatic hydroxyl groups excluding tert-OH is 3. The average molecular weight is 1470 g/mol. The summed E-state index contributed by atoms with van der Waals surface area (Å²) in [5, 5.41) is 99.2. The Kier molecular flexibility index (Phi) is 21.8. The van der Waals surface area contributed by atoms with Gasteiger partial charge in [0.25, 0.3) is 0 Å². The fourth-order valence-corrected chi connectivity index (χ4v) is 13.3. The number of phenolic OH excluding ortho intramolecular Hbond substituents is 3. The number of carbonyl (C=O) groups is 8. The SMILES string of the molecule is CC(C)C[C@H](N)C(=O)N[C@H]1C(=O)N[C@@H](CC(N)=O)C(=O)N[C@H]2C(=O)N[C@H]3C(=O)N[C@H](C(=O)N[C@H](C(=O)O)c4cc(O)cc(O)c4-c4cc3ccc4O)[C@H](O)c3ccc(c(Cl)c3)Oc3cc2cc(c3OC2C[C@](C)(NCc3ccc(-c4ccc(Cl)cc4)cc3)[C@H](O)[C@H](C)O2)Oc2ccc(cc2Cl)[C@H]1O. The van der Waals surface area contributed by atoms with Gasteiger partial charge in [0.05, 0.1) is 40.3 Å². The molecule has 540 valence electrons. The number of hydrogen-bond donors (Lipinski definition) is 16. The first kappa shape index (κ1) is 73.9. The fraction of sp³-hybridized carbons (Fsp3) is 0.306. The number of aliphatic carboxylic acids is 1. The van der Waals surface area contributed by atoms with E-state index in [1.807, 2.05) is 36.4 Å². The lowest BCUT2D eigenvalue weighted by atomic mass is 9.85. The standard InChI is InChI=1S/C72H72Cl3N9O19/c1-30(2)19-45(76)65(92)83-59-61(89)36-12-17-49(43(74)21-36)101-51-23-38-24-52(63(51)103-54-28-72(4,64(91)31(3)100-54)78-29-32-5-7-33(8-6-32)34-9-14-39(73)15-10-34)102-50-18-13-37(22-44(50)75)62(90)60-70(97)82-58(71(98)99)42-25-40(85)26-48(87)55(42)41-20-35(11-16-47(41)86)56(67(94)84-60)81-68(95)57(38)80-66(93)46(27-53(77)88)79-69(59)96/h5-18,20-26,30-31,45-46,54,56-62,64,78,85-87,89-91H,19,27-29,76H2,1-4H3,(H2,77,88)(H,79,96)(H,80,93)(H,81,95)(H,82,97)(H,83,92)(H,84,94)(H,98,99)/t31-,45-,46-,54?,56+,57+,58-,59+,60-,61+,62+,64+,72-/m0/s1. The van der Waals surface area contributed by atoms with Crippen LogP contribution in [0.1, 0.15) is 111 Å². The molecule has 0 aromatic heterocycles. The maximum absolute atomic E-state index is 16.0. The second kappa shape index (κ2) is 30.4. The number of ether oxygens (including phenoxy) is 4. The minimum absolute atomic E-state index is 0.110. The molecule has 13 atom stereocenters. The number of nitrogens with two attached hydrogens (primary N) is 2. The number of aliphatic hydroxyl groups is 3. The van der Waals surface area contributed by atoms with Crippen LogP contribution in [0.3, 0.4) is 0 Å². The molecule has 13 rings (SSSR count). The average Bonchev–Trinajstić information content (AvgIpc) is 0.773. The number of rotatable bonds is 13. The largest absolute Gasteiger partial charge is 0.508 e. The molecule has 0 aliphatic carbocycles. The number of halogens is 3. The Balaban J connectivity index is 1.11. The normalized spacial score (nSPS) is 24.5. The number of amides is 7. The van der Waals surface area contributed by atoms with Crippen molar-refractivity contribution in [3.8, 4) is 68.2 Å². The number of nitrogens with one attached hydrogen (secondary N) is 7. The van der Waals surface area contributed by atoms with Crippen molar-refractivity contribution in [3.05, 3.63) is 176 Å². The minimum Gasteiger partial charge on any atom is -0.508 e. The van der Waals surface area contributed by atoms with Crippen molar-refractivity contribution < 1.29 is 93.0 Å². The highest BCUT2D eigenvalue weighted by atomic mass is 35.5. The van der Waals surface area contributed by atoms with Crippen molar-refractivity contribution in [1.29, 1.82) is 0 Å². The Morgan fingerprint density at radius 2 is 1.24 bits per heavy atom. The molecular formula is C72H72Cl3N9O19. The number of benzene rings is 7. The van der Waals surface area contributed by atoms with E-state index in [0.717, 1.165) is 53.1 Å². The maximum Gasteiger partial charge on any atom is 0.330 e. The molecule has 1 saturated heterocycles. The molecule has 0 radical (unpaired) electrons. The molecule has 7 aromatic rings. The van der Waals surface area contributed by atoms with Crippen molar-refractivity contribution in [3.63, 3.8) is 0 Å². The topological polar surface area (TPSA) is 451 Å². The molecule has 103 heavy (non-hydrogen) atoms. The van der Waals surface area contributed by atoms with Gasteiger partial charge in [0.1, 0.15) is 71.2 Å². The molecule has 28 nitrogen and oxygen atoms in total. The third-order valence-electron chi connectivity index (χ3n) is 18.1. The Hall–Kier alpha value is -10.3. The number of hydrogen-bond acceptors (Lipinski definition) is 20. The summed E-state index contributed by atoms with van der Waals surface area (Å²) < 4.78 is 26.7. The molecule has 6 aliphatic rings. The first-order valence-corrected chi connectivity index (χ1v) is 33.5. The number of carboxylic acid groups (broad SMARTS) is 1. The smallest absolute Gasteiger partial charge is 0.330 e. The summed E-state index contributed by atoms with van der Waals surface area (Å²) >= 11 is 20.3. The monoisotopic (exact) mass is 1470 g/mol. The molecule has 18 N–H and O–H groups in total. The third-order valence-corrected chi connectivity index (χ3v) is 19.0. The zero-order valence-corrected chi connectivity index (χ0v) is 57.5. The predicted octanol–water partition coefficient (Wildman–Crippen LogP) is 6.17. The highest BCUT2D eigenvalue weighted by molar-refractivity contribution is 6.32. The summed E-state index contributed by atoms with van der Waals surface area (Å²) in [5.74, 6) is -14.7. The van der Waals surface area contributed by atoms with Gasteiger partial charge in [-0.15, -0.1) is 0 Å². The molecule has 11 bridgehead atoms. The molecule has 31 heteroatoms. The van der Waals surface area contributed by atoms with Crippen LogP contribution >= 0.6 is 34.8 Å². The zero-order chi connectivity index (χ0) is 74.2. The van der Waals surface area contributed by atoms with Gasteiger partial charge < -0.3 is 103 Å². The lowest BCUT2D eigenvalue weighted by Crippen LogP contribution is -2.62. The number of carbonyl (C=O) groups excluding carboxylic acids is 7. The first-order valence-electron chi connectivity index (χ1n) is 32.4. The van der Waals surface area contributed by atoms with E-state index < -0.39 is 178 Å². The maximum atomic E-state index is 16.0. The molecule has 6 aliphatic heterocycles. The van der Waals surface area contributed by atoms with Crippen molar-refractivity contribution in [1.82, 2.24) is 37.2 Å². The zero-order valence-electron chi connectivity index (χ0n) is 55.3. The molecule has 6 heterocycles. The second-order valence-electron chi connectivity index (χ2n) is 26.1. The molecule has 0 saturated carbocycles.